The maximum Gasteiger partial charge on any atom is 0.159 e. The van der Waals surface area contributed by atoms with Crippen LogP contribution in [0.2, 0.25) is 0 Å². The summed E-state index contributed by atoms with van der Waals surface area (Å²) < 4.78 is 0. The highest BCUT2D eigenvalue weighted by atomic mass is 16.3. The van der Waals surface area contributed by atoms with Gasteiger partial charge in [0.05, 0.1) is 12.6 Å². The van der Waals surface area contributed by atoms with Gasteiger partial charge in [0.15, 0.2) is 5.78 Å². The van der Waals surface area contributed by atoms with Gasteiger partial charge < -0.3 is 10.2 Å². The number of ketones is 1. The number of aryl methyl sites for hydroxylation is 1. The normalized spacial score (nSPS) is 13.6. The molecule has 0 aliphatic carbocycles. The van der Waals surface area contributed by atoms with Gasteiger partial charge in [0, 0.05) is 10.5 Å². The minimum atomic E-state index is -1.16. The number of azide groups is 1. The van der Waals surface area contributed by atoms with Crippen LogP contribution in [0, 0.1) is 6.92 Å². The summed E-state index contributed by atoms with van der Waals surface area (Å²) in [5, 5.41) is 22.7. The van der Waals surface area contributed by atoms with Crippen LogP contribution in [0.3, 0.4) is 0 Å². The largest absolute Gasteiger partial charge is 0.390 e. The summed E-state index contributed by atoms with van der Waals surface area (Å²) >= 11 is 0. The first-order chi connectivity index (χ1) is 8.47. The first kappa shape index (κ1) is 14.2. The first-order valence-corrected chi connectivity index (χ1v) is 5.46. The highest BCUT2D eigenvalue weighted by Gasteiger charge is 2.19. The van der Waals surface area contributed by atoms with Crippen molar-refractivity contribution in [3.05, 3.63) is 45.3 Å². The molecule has 0 heterocycles. The first-order valence-electron chi connectivity index (χ1n) is 5.46. The minimum Gasteiger partial charge on any atom is -0.390 e. The number of hydrogen-bond acceptors (Lipinski definition) is 4. The van der Waals surface area contributed by atoms with E-state index in [0.29, 0.717) is 16.7 Å². The van der Waals surface area contributed by atoms with Gasteiger partial charge in [-0.15, -0.1) is 0 Å². The summed E-state index contributed by atoms with van der Waals surface area (Å²) in [5.74, 6) is -0.0613. The minimum absolute atomic E-state index is 0.0613. The van der Waals surface area contributed by atoms with E-state index in [0.717, 1.165) is 0 Å². The van der Waals surface area contributed by atoms with Crippen LogP contribution < -0.4 is 0 Å². The molecular formula is C12H15N3O3. The van der Waals surface area contributed by atoms with Gasteiger partial charge in [0.2, 0.25) is 0 Å². The molecule has 0 fully saturated rings. The predicted octanol–water partition coefficient (Wildman–Crippen LogP) is 1.90. The van der Waals surface area contributed by atoms with E-state index >= 15 is 0 Å². The van der Waals surface area contributed by atoms with E-state index < -0.39 is 12.2 Å². The fourth-order valence-electron chi connectivity index (χ4n) is 1.65. The van der Waals surface area contributed by atoms with Crippen molar-refractivity contribution >= 4 is 5.78 Å². The fourth-order valence-corrected chi connectivity index (χ4v) is 1.65. The quantitative estimate of drug-likeness (QED) is 0.360. The van der Waals surface area contributed by atoms with Crippen molar-refractivity contribution in [2.45, 2.75) is 26.1 Å². The van der Waals surface area contributed by atoms with Gasteiger partial charge in [0.25, 0.3) is 0 Å². The Labute approximate surface area is 105 Å². The third kappa shape index (κ3) is 3.30. The third-order valence-electron chi connectivity index (χ3n) is 2.69. The van der Waals surface area contributed by atoms with E-state index in [2.05, 4.69) is 10.0 Å². The summed E-state index contributed by atoms with van der Waals surface area (Å²) in [6.07, 6.45) is -2.31. The number of aliphatic hydroxyl groups excluding tert-OH is 2. The van der Waals surface area contributed by atoms with Gasteiger partial charge in [-0.2, -0.15) is 0 Å². The second-order valence-electron chi connectivity index (χ2n) is 4.05. The summed E-state index contributed by atoms with van der Waals surface area (Å²) in [7, 11) is 0. The Morgan fingerprint density at radius 1 is 1.50 bits per heavy atom. The molecule has 1 aromatic rings. The fraction of sp³-hybridized carbons (Fsp3) is 0.417. The molecule has 18 heavy (non-hydrogen) atoms. The molecule has 0 radical (unpaired) electrons. The lowest BCUT2D eigenvalue weighted by Gasteiger charge is -2.18. The number of hydrogen-bond donors (Lipinski definition) is 2. The molecule has 0 bridgehead atoms. The van der Waals surface area contributed by atoms with Crippen LogP contribution in [0.4, 0.5) is 0 Å². The molecule has 0 aliphatic rings. The molecular weight excluding hydrogens is 234 g/mol. The number of Topliss-reactive ketones (excluding diaryl/α,β-unsaturated/α-hetero) is 1. The van der Waals surface area contributed by atoms with Crippen LogP contribution in [-0.2, 0) is 0 Å². The number of nitrogens with zero attached hydrogens (tertiary/aromatic N) is 3. The maximum atomic E-state index is 11.2. The van der Waals surface area contributed by atoms with Crippen molar-refractivity contribution in [3.8, 4) is 0 Å². The standard InChI is InChI=1S/C12H15N3O3/c1-7-5-9(8(2)16)3-4-10(7)12(18)11(17)6-14-15-13/h3-5,11-12,17-18H,6H2,1-2H3. The summed E-state index contributed by atoms with van der Waals surface area (Å²) in [4.78, 5) is 13.7. The molecule has 0 saturated heterocycles. The Hall–Kier alpha value is -1.88. The highest BCUT2D eigenvalue weighted by Crippen LogP contribution is 2.22. The topological polar surface area (TPSA) is 106 Å². The van der Waals surface area contributed by atoms with E-state index in [-0.39, 0.29) is 12.3 Å². The average Bonchev–Trinajstić information content (AvgIpc) is 2.34. The van der Waals surface area contributed by atoms with Crippen molar-refractivity contribution in [2.75, 3.05) is 6.54 Å². The molecule has 6 nitrogen and oxygen atoms in total. The van der Waals surface area contributed by atoms with Crippen LogP contribution >= 0.6 is 0 Å². The van der Waals surface area contributed by atoms with E-state index in [1.807, 2.05) is 0 Å². The molecule has 1 rings (SSSR count). The summed E-state index contributed by atoms with van der Waals surface area (Å²) in [6.45, 7) is 3.00. The molecule has 0 saturated carbocycles. The molecule has 2 atom stereocenters. The molecule has 1 aromatic carbocycles. The van der Waals surface area contributed by atoms with Crippen molar-refractivity contribution < 1.29 is 15.0 Å². The van der Waals surface area contributed by atoms with E-state index in [4.69, 9.17) is 5.53 Å². The Morgan fingerprint density at radius 2 is 2.17 bits per heavy atom. The smallest absolute Gasteiger partial charge is 0.159 e. The molecule has 6 heteroatoms. The molecule has 0 aliphatic heterocycles. The van der Waals surface area contributed by atoms with Gasteiger partial charge in [0.1, 0.15) is 6.10 Å². The van der Waals surface area contributed by atoms with Gasteiger partial charge in [-0.25, -0.2) is 0 Å². The molecule has 2 N–H and O–H groups in total. The molecule has 96 valence electrons. The number of carbonyl (C=O) groups is 1. The molecule has 0 amide bonds. The van der Waals surface area contributed by atoms with Crippen LogP contribution in [-0.4, -0.2) is 28.6 Å². The Kier molecular flexibility index (Phi) is 4.85. The zero-order valence-electron chi connectivity index (χ0n) is 10.2. The van der Waals surface area contributed by atoms with Gasteiger partial charge >= 0.3 is 0 Å². The van der Waals surface area contributed by atoms with Crippen molar-refractivity contribution in [1.29, 1.82) is 0 Å². The lowest BCUT2D eigenvalue weighted by atomic mass is 9.96. The SMILES string of the molecule is CC(=O)c1ccc(C(O)C(O)CN=[N+]=[N-])c(C)c1. The van der Waals surface area contributed by atoms with E-state index in [1.54, 1.807) is 25.1 Å². The Bertz CT molecular complexity index is 495. The summed E-state index contributed by atoms with van der Waals surface area (Å²) in [6, 6.07) is 4.84. The summed E-state index contributed by atoms with van der Waals surface area (Å²) in [5.41, 5.74) is 9.92. The predicted molar refractivity (Wildman–Crippen MR) is 66.2 cm³/mol. The number of aliphatic hydroxyl groups is 2. The Balaban J connectivity index is 2.95. The lowest BCUT2D eigenvalue weighted by molar-refractivity contribution is 0.0240. The number of carbonyl (C=O) groups excluding carboxylic acids is 1. The monoisotopic (exact) mass is 249 g/mol. The van der Waals surface area contributed by atoms with Gasteiger partial charge in [-0.1, -0.05) is 17.2 Å². The third-order valence-corrected chi connectivity index (χ3v) is 2.69. The second-order valence-corrected chi connectivity index (χ2v) is 4.05. The van der Waals surface area contributed by atoms with E-state index in [1.165, 1.54) is 6.92 Å². The maximum absolute atomic E-state index is 11.2. The molecule has 0 aromatic heterocycles. The highest BCUT2D eigenvalue weighted by molar-refractivity contribution is 5.94. The second kappa shape index (κ2) is 6.16. The van der Waals surface area contributed by atoms with Crippen LogP contribution in [0.15, 0.2) is 23.3 Å². The van der Waals surface area contributed by atoms with Crippen molar-refractivity contribution in [3.63, 3.8) is 0 Å². The van der Waals surface area contributed by atoms with E-state index in [9.17, 15) is 15.0 Å². The van der Waals surface area contributed by atoms with Crippen molar-refractivity contribution in [1.82, 2.24) is 0 Å². The van der Waals surface area contributed by atoms with Crippen molar-refractivity contribution in [2.24, 2.45) is 5.11 Å². The van der Waals surface area contributed by atoms with Crippen LogP contribution in [0.25, 0.3) is 10.4 Å². The van der Waals surface area contributed by atoms with Crippen LogP contribution in [0.1, 0.15) is 34.5 Å². The van der Waals surface area contributed by atoms with Gasteiger partial charge in [-0.3, -0.25) is 4.79 Å². The van der Waals surface area contributed by atoms with Crippen LogP contribution in [0.5, 0.6) is 0 Å². The molecule has 2 unspecified atom stereocenters. The number of rotatable bonds is 5. The Morgan fingerprint density at radius 3 is 2.67 bits per heavy atom. The lowest BCUT2D eigenvalue weighted by Crippen LogP contribution is -2.22. The average molecular weight is 249 g/mol. The van der Waals surface area contributed by atoms with Gasteiger partial charge in [-0.05, 0) is 36.6 Å². The zero-order chi connectivity index (χ0) is 13.7. The molecule has 0 spiro atoms. The zero-order valence-corrected chi connectivity index (χ0v) is 10.2. The number of benzene rings is 1.